The molecule has 0 unspecified atom stereocenters. The van der Waals surface area contributed by atoms with Crippen LogP contribution in [0.3, 0.4) is 0 Å². The van der Waals surface area contributed by atoms with Gasteiger partial charge >= 0.3 is 0 Å². The van der Waals surface area contributed by atoms with E-state index in [0.717, 1.165) is 4.88 Å². The summed E-state index contributed by atoms with van der Waals surface area (Å²) in [6.07, 6.45) is 1.61. The largest absolute Gasteiger partial charge is 0.396 e. The van der Waals surface area contributed by atoms with Crippen LogP contribution in [0.2, 0.25) is 4.34 Å². The second-order valence-electron chi connectivity index (χ2n) is 4.38. The third-order valence-electron chi connectivity index (χ3n) is 2.90. The van der Waals surface area contributed by atoms with Gasteiger partial charge in [-0.25, -0.2) is 4.39 Å². The minimum absolute atomic E-state index is 0.138. The van der Waals surface area contributed by atoms with Gasteiger partial charge in [0.15, 0.2) is 0 Å². The summed E-state index contributed by atoms with van der Waals surface area (Å²) in [6.45, 7) is 4.35. The third kappa shape index (κ3) is 3.62. The van der Waals surface area contributed by atoms with Gasteiger partial charge in [-0.05, 0) is 24.3 Å². The maximum Gasteiger partial charge on any atom is 0.256 e. The second kappa shape index (κ2) is 6.74. The molecule has 2 rings (SSSR count). The van der Waals surface area contributed by atoms with Gasteiger partial charge in [0.25, 0.3) is 5.91 Å². The topological polar surface area (TPSA) is 46.3 Å². The lowest BCUT2D eigenvalue weighted by Gasteiger charge is -2.21. The van der Waals surface area contributed by atoms with Crippen molar-refractivity contribution < 1.29 is 9.18 Å². The van der Waals surface area contributed by atoms with Crippen LogP contribution in [0, 0.1) is 5.82 Å². The Morgan fingerprint density at radius 2 is 2.19 bits per heavy atom. The van der Waals surface area contributed by atoms with E-state index in [2.05, 4.69) is 6.58 Å². The van der Waals surface area contributed by atoms with Crippen LogP contribution >= 0.6 is 22.9 Å². The van der Waals surface area contributed by atoms with E-state index < -0.39 is 5.82 Å². The van der Waals surface area contributed by atoms with Crippen molar-refractivity contribution in [3.8, 4) is 0 Å². The highest BCUT2D eigenvalue weighted by atomic mass is 35.5. The number of nitrogens with two attached hydrogens (primary N) is 1. The van der Waals surface area contributed by atoms with Crippen LogP contribution < -0.4 is 5.73 Å². The molecule has 110 valence electrons. The van der Waals surface area contributed by atoms with Crippen molar-refractivity contribution in [1.29, 1.82) is 0 Å². The number of halogens is 2. The van der Waals surface area contributed by atoms with E-state index >= 15 is 0 Å². The van der Waals surface area contributed by atoms with Gasteiger partial charge < -0.3 is 10.6 Å². The maximum absolute atomic E-state index is 13.5. The molecule has 0 bridgehead atoms. The molecule has 0 saturated carbocycles. The fourth-order valence-electron chi connectivity index (χ4n) is 1.89. The van der Waals surface area contributed by atoms with E-state index in [9.17, 15) is 9.18 Å². The lowest BCUT2D eigenvalue weighted by Crippen LogP contribution is -2.31. The second-order valence-corrected chi connectivity index (χ2v) is 6.18. The fourth-order valence-corrected chi connectivity index (χ4v) is 3.00. The summed E-state index contributed by atoms with van der Waals surface area (Å²) < 4.78 is 14.1. The van der Waals surface area contributed by atoms with Crippen LogP contribution in [0.1, 0.15) is 15.2 Å². The van der Waals surface area contributed by atoms with E-state index in [0.29, 0.717) is 17.4 Å². The number of benzene rings is 1. The van der Waals surface area contributed by atoms with Gasteiger partial charge in [-0.2, -0.15) is 0 Å². The first kappa shape index (κ1) is 15.5. The van der Waals surface area contributed by atoms with Crippen molar-refractivity contribution in [2.45, 2.75) is 6.54 Å². The van der Waals surface area contributed by atoms with Gasteiger partial charge in [0.1, 0.15) is 5.82 Å². The molecule has 1 amide bonds. The number of carbonyl (C=O) groups is 1. The normalized spacial score (nSPS) is 10.4. The van der Waals surface area contributed by atoms with Gasteiger partial charge in [-0.3, -0.25) is 4.79 Å². The Hall–Kier alpha value is -1.85. The summed E-state index contributed by atoms with van der Waals surface area (Å²) in [5, 5.41) is 0. The molecule has 2 N–H and O–H groups in total. The van der Waals surface area contributed by atoms with Crippen molar-refractivity contribution in [3.05, 3.63) is 63.6 Å². The molecule has 0 fully saturated rings. The number of hydrogen-bond donors (Lipinski definition) is 1. The SMILES string of the molecule is C=CCN(Cc1ccc(Cl)s1)C(=O)c1cccc(F)c1N. The zero-order valence-corrected chi connectivity index (χ0v) is 12.8. The molecule has 0 spiro atoms. The smallest absolute Gasteiger partial charge is 0.256 e. The van der Waals surface area contributed by atoms with Gasteiger partial charge in [-0.1, -0.05) is 23.7 Å². The summed E-state index contributed by atoms with van der Waals surface area (Å²) >= 11 is 7.28. The predicted molar refractivity (Wildman–Crippen MR) is 85.1 cm³/mol. The van der Waals surface area contributed by atoms with Crippen LogP contribution in [0.15, 0.2) is 43.0 Å². The number of para-hydroxylation sites is 1. The third-order valence-corrected chi connectivity index (χ3v) is 4.11. The summed E-state index contributed by atoms with van der Waals surface area (Å²) in [6, 6.07) is 7.83. The van der Waals surface area contributed by atoms with Gasteiger partial charge in [-0.15, -0.1) is 17.9 Å². The number of nitrogens with zero attached hydrogens (tertiary/aromatic N) is 1. The first-order valence-corrected chi connectivity index (χ1v) is 7.40. The molecular formula is C15H14ClFN2OS. The highest BCUT2D eigenvalue weighted by molar-refractivity contribution is 7.16. The molecule has 0 atom stereocenters. The Bertz CT molecular complexity index is 671. The Balaban J connectivity index is 2.26. The van der Waals surface area contributed by atoms with Gasteiger partial charge in [0, 0.05) is 11.4 Å². The van der Waals surface area contributed by atoms with E-state index in [4.69, 9.17) is 17.3 Å². The summed E-state index contributed by atoms with van der Waals surface area (Å²) in [5.74, 6) is -0.935. The Morgan fingerprint density at radius 3 is 2.81 bits per heavy atom. The zero-order chi connectivity index (χ0) is 15.4. The molecule has 0 radical (unpaired) electrons. The van der Waals surface area contributed by atoms with Crippen LogP contribution in [0.25, 0.3) is 0 Å². The number of rotatable bonds is 5. The first-order chi connectivity index (χ1) is 10.0. The van der Waals surface area contributed by atoms with Gasteiger partial charge in [0.05, 0.1) is 22.1 Å². The summed E-state index contributed by atoms with van der Waals surface area (Å²) in [5.41, 5.74) is 5.66. The molecule has 0 aliphatic rings. The Morgan fingerprint density at radius 1 is 1.43 bits per heavy atom. The quantitative estimate of drug-likeness (QED) is 0.668. The molecule has 0 aliphatic heterocycles. The predicted octanol–water partition coefficient (Wildman–Crippen LogP) is 3.95. The minimum atomic E-state index is -0.599. The number of amides is 1. The average Bonchev–Trinajstić information content (AvgIpc) is 2.86. The summed E-state index contributed by atoms with van der Waals surface area (Å²) in [4.78, 5) is 15.0. The van der Waals surface area contributed by atoms with E-state index in [1.165, 1.54) is 29.5 Å². The lowest BCUT2D eigenvalue weighted by atomic mass is 10.1. The molecule has 3 nitrogen and oxygen atoms in total. The van der Waals surface area contributed by atoms with E-state index in [1.54, 1.807) is 17.0 Å². The number of hydrogen-bond acceptors (Lipinski definition) is 3. The van der Waals surface area contributed by atoms with Crippen LogP contribution in [0.4, 0.5) is 10.1 Å². The van der Waals surface area contributed by atoms with Crippen LogP contribution in [-0.2, 0) is 6.54 Å². The molecule has 1 heterocycles. The molecule has 0 aliphatic carbocycles. The molecule has 2 aromatic rings. The molecule has 1 aromatic carbocycles. The molecule has 0 saturated heterocycles. The van der Waals surface area contributed by atoms with Crippen molar-refractivity contribution in [1.82, 2.24) is 4.90 Å². The standard InChI is InChI=1S/C15H14ClFN2OS/c1-2-8-19(9-10-6-7-13(16)21-10)15(20)11-4-3-5-12(17)14(11)18/h2-7H,1,8-9,18H2. The molecule has 6 heteroatoms. The fraction of sp³-hybridized carbons (Fsp3) is 0.133. The number of anilines is 1. The zero-order valence-electron chi connectivity index (χ0n) is 11.2. The Labute approximate surface area is 131 Å². The number of thiophene rings is 1. The maximum atomic E-state index is 13.5. The Kier molecular flexibility index (Phi) is 4.98. The van der Waals surface area contributed by atoms with Crippen molar-refractivity contribution in [2.75, 3.05) is 12.3 Å². The van der Waals surface area contributed by atoms with E-state index in [-0.39, 0.29) is 17.2 Å². The first-order valence-electron chi connectivity index (χ1n) is 6.21. The van der Waals surface area contributed by atoms with Crippen LogP contribution in [-0.4, -0.2) is 17.4 Å². The highest BCUT2D eigenvalue weighted by Gasteiger charge is 2.19. The van der Waals surface area contributed by atoms with Crippen molar-refractivity contribution >= 4 is 34.5 Å². The van der Waals surface area contributed by atoms with Gasteiger partial charge in [0.2, 0.25) is 0 Å². The van der Waals surface area contributed by atoms with Crippen molar-refractivity contribution in [3.63, 3.8) is 0 Å². The molecule has 21 heavy (non-hydrogen) atoms. The van der Waals surface area contributed by atoms with E-state index in [1.807, 2.05) is 6.07 Å². The molecular weight excluding hydrogens is 311 g/mol. The summed E-state index contributed by atoms with van der Waals surface area (Å²) in [7, 11) is 0. The van der Waals surface area contributed by atoms with Crippen LogP contribution in [0.5, 0.6) is 0 Å². The molecule has 1 aromatic heterocycles. The monoisotopic (exact) mass is 324 g/mol. The number of carbonyl (C=O) groups excluding carboxylic acids is 1. The average molecular weight is 325 g/mol. The highest BCUT2D eigenvalue weighted by Crippen LogP contribution is 2.24. The minimum Gasteiger partial charge on any atom is -0.396 e. The van der Waals surface area contributed by atoms with Crippen molar-refractivity contribution in [2.24, 2.45) is 0 Å². The lowest BCUT2D eigenvalue weighted by molar-refractivity contribution is 0.0765. The number of nitrogen functional groups attached to an aromatic ring is 1.